The van der Waals surface area contributed by atoms with Crippen molar-refractivity contribution in [2.75, 3.05) is 0 Å². The minimum absolute atomic E-state index is 0.147. The first-order valence-corrected chi connectivity index (χ1v) is 25.3. The van der Waals surface area contributed by atoms with Crippen LogP contribution in [0.1, 0.15) is 72.2 Å². The van der Waals surface area contributed by atoms with Gasteiger partial charge < -0.3 is 9.13 Å². The monoisotopic (exact) mass is 920 g/mol. The second-order valence-electron chi connectivity index (χ2n) is 21.0. The quantitative estimate of drug-likeness (QED) is 0.141. The molecule has 0 radical (unpaired) electrons. The van der Waals surface area contributed by atoms with Crippen LogP contribution in [0.4, 0.5) is 0 Å². The van der Waals surface area contributed by atoms with E-state index in [4.69, 9.17) is 0 Å². The largest absolute Gasteiger partial charge is 0.309 e. The van der Waals surface area contributed by atoms with E-state index < -0.39 is 0 Å². The van der Waals surface area contributed by atoms with Gasteiger partial charge >= 0.3 is 0 Å². The summed E-state index contributed by atoms with van der Waals surface area (Å²) in [6.07, 6.45) is 9.09. The van der Waals surface area contributed by atoms with Gasteiger partial charge in [0.2, 0.25) is 0 Å². The van der Waals surface area contributed by atoms with E-state index in [1.165, 1.54) is 133 Å². The minimum atomic E-state index is -0.147. The molecule has 0 atom stereocenters. The van der Waals surface area contributed by atoms with Crippen molar-refractivity contribution in [2.24, 2.45) is 0 Å². The summed E-state index contributed by atoms with van der Waals surface area (Å²) in [6.45, 7) is 9.57. The van der Waals surface area contributed by atoms with Gasteiger partial charge in [-0.1, -0.05) is 198 Å². The molecule has 14 rings (SSSR count). The van der Waals surface area contributed by atoms with Crippen molar-refractivity contribution in [1.82, 2.24) is 9.13 Å². The Kier molecular flexibility index (Phi) is 9.32. The third-order valence-electron chi connectivity index (χ3n) is 16.1. The summed E-state index contributed by atoms with van der Waals surface area (Å²) in [6, 6.07) is 80.9. The number of para-hydroxylation sites is 4. The second-order valence-corrected chi connectivity index (χ2v) is 21.0. The van der Waals surface area contributed by atoms with Gasteiger partial charge in [0.15, 0.2) is 0 Å². The van der Waals surface area contributed by atoms with Gasteiger partial charge in [-0.15, -0.1) is 0 Å². The van der Waals surface area contributed by atoms with Crippen LogP contribution in [0.2, 0.25) is 0 Å². The fourth-order valence-electron chi connectivity index (χ4n) is 12.4. The van der Waals surface area contributed by atoms with E-state index >= 15 is 0 Å². The van der Waals surface area contributed by atoms with Gasteiger partial charge in [-0.2, -0.15) is 0 Å². The fraction of sp³-hybridized carbons (Fsp3) is 0.0857. The smallest absolute Gasteiger partial charge is 0.0541 e. The normalized spacial score (nSPS) is 14.2. The van der Waals surface area contributed by atoms with Gasteiger partial charge in [-0.3, -0.25) is 0 Å². The molecule has 2 aliphatic carbocycles. The zero-order valence-electron chi connectivity index (χ0n) is 41.0. The summed E-state index contributed by atoms with van der Waals surface area (Å²) in [5, 5.41) is 5.07. The number of fused-ring (bicyclic) bond motifs is 12. The summed E-state index contributed by atoms with van der Waals surface area (Å²) in [4.78, 5) is 0. The van der Waals surface area contributed by atoms with Crippen LogP contribution in [0.15, 0.2) is 218 Å². The molecule has 2 aromatic heterocycles. The van der Waals surface area contributed by atoms with E-state index in [-0.39, 0.29) is 10.8 Å². The standard InChI is InChI=1S/C70H52N2/c1-69(2)61-41-47(25-23-45-29-37-67-59(39-45)57-19-11-13-21-65(57)71(67)51-15-7-5-8-16-51)27-33-53(61)55-35-31-49(43-63(55)69)50-32-36-56-54-34-28-48(42-62(54)70(3,4)64(56)44-50)26-24-46-30-38-68-60(40-46)58-20-12-14-22-66(58)72(68)52-17-9-6-10-18-52/h5-44H,1-4H3/b25-23+,26-24+. The van der Waals surface area contributed by atoms with Crippen LogP contribution in [0.5, 0.6) is 0 Å². The van der Waals surface area contributed by atoms with Crippen molar-refractivity contribution in [3.63, 3.8) is 0 Å². The molecule has 2 heterocycles. The highest BCUT2D eigenvalue weighted by atomic mass is 15.0. The Morgan fingerprint density at radius 1 is 0.278 bits per heavy atom. The molecule has 0 spiro atoms. The SMILES string of the molecule is CC1(C)c2cc(/C=C/c3ccc4c(c3)c3ccccc3n4-c3ccccc3)ccc2-c2ccc(-c3ccc4c(c3)C(C)(C)c3cc(/C=C/c5ccc6c(c5)c5ccccc5n6-c5ccccc5)ccc3-4)cc21. The topological polar surface area (TPSA) is 9.86 Å². The molecule has 342 valence electrons. The first-order valence-electron chi connectivity index (χ1n) is 25.3. The third kappa shape index (κ3) is 6.49. The van der Waals surface area contributed by atoms with E-state index in [0.29, 0.717) is 0 Å². The van der Waals surface area contributed by atoms with Crippen LogP contribution in [-0.2, 0) is 10.8 Å². The molecule has 2 nitrogen and oxygen atoms in total. The Hall–Kier alpha value is -8.72. The molecule has 0 fully saturated rings. The van der Waals surface area contributed by atoms with E-state index in [1.54, 1.807) is 0 Å². The number of aromatic nitrogens is 2. The molecule has 0 N–H and O–H groups in total. The highest BCUT2D eigenvalue weighted by Crippen LogP contribution is 2.53. The molecule has 10 aromatic carbocycles. The predicted octanol–water partition coefficient (Wildman–Crippen LogP) is 18.5. The molecular formula is C70H52N2. The maximum atomic E-state index is 2.46. The van der Waals surface area contributed by atoms with Crippen molar-refractivity contribution >= 4 is 67.9 Å². The molecule has 0 saturated carbocycles. The molecule has 0 unspecified atom stereocenters. The first-order chi connectivity index (χ1) is 35.2. The van der Waals surface area contributed by atoms with Crippen molar-refractivity contribution in [1.29, 1.82) is 0 Å². The van der Waals surface area contributed by atoms with Gasteiger partial charge in [0.25, 0.3) is 0 Å². The van der Waals surface area contributed by atoms with Crippen LogP contribution >= 0.6 is 0 Å². The summed E-state index contributed by atoms with van der Waals surface area (Å²) in [5.41, 5.74) is 25.2. The van der Waals surface area contributed by atoms with Crippen LogP contribution in [0.25, 0.3) is 113 Å². The Labute approximate surface area is 421 Å². The molecule has 0 bridgehead atoms. The average molecular weight is 921 g/mol. The highest BCUT2D eigenvalue weighted by Gasteiger charge is 2.38. The zero-order valence-corrected chi connectivity index (χ0v) is 41.0. The summed E-state index contributed by atoms with van der Waals surface area (Å²) in [7, 11) is 0. The maximum absolute atomic E-state index is 2.46. The highest BCUT2D eigenvalue weighted by molar-refractivity contribution is 6.11. The molecule has 2 heteroatoms. The predicted molar refractivity (Wildman–Crippen MR) is 306 cm³/mol. The number of hydrogen-bond acceptors (Lipinski definition) is 0. The van der Waals surface area contributed by atoms with Crippen molar-refractivity contribution < 1.29 is 0 Å². The van der Waals surface area contributed by atoms with Gasteiger partial charge in [0.05, 0.1) is 22.1 Å². The van der Waals surface area contributed by atoms with Crippen LogP contribution in [0.3, 0.4) is 0 Å². The van der Waals surface area contributed by atoms with Crippen molar-refractivity contribution in [2.45, 2.75) is 38.5 Å². The maximum Gasteiger partial charge on any atom is 0.0541 e. The van der Waals surface area contributed by atoms with E-state index in [1.807, 2.05) is 0 Å². The lowest BCUT2D eigenvalue weighted by molar-refractivity contribution is 0.659. The minimum Gasteiger partial charge on any atom is -0.309 e. The number of benzene rings is 10. The summed E-state index contributed by atoms with van der Waals surface area (Å²) >= 11 is 0. The Morgan fingerprint density at radius 2 is 0.597 bits per heavy atom. The van der Waals surface area contributed by atoms with Crippen LogP contribution < -0.4 is 0 Å². The summed E-state index contributed by atoms with van der Waals surface area (Å²) < 4.78 is 4.75. The molecule has 2 aliphatic rings. The Morgan fingerprint density at radius 3 is 1.01 bits per heavy atom. The Balaban J connectivity index is 0.727. The van der Waals surface area contributed by atoms with Gasteiger partial charge in [0, 0.05) is 43.7 Å². The van der Waals surface area contributed by atoms with E-state index in [2.05, 4.69) is 280 Å². The lowest BCUT2D eigenvalue weighted by atomic mass is 9.80. The lowest BCUT2D eigenvalue weighted by Crippen LogP contribution is -2.15. The van der Waals surface area contributed by atoms with Gasteiger partial charge in [0.1, 0.15) is 0 Å². The van der Waals surface area contributed by atoms with E-state index in [0.717, 1.165) is 0 Å². The van der Waals surface area contributed by atoms with E-state index in [9.17, 15) is 0 Å². The first kappa shape index (κ1) is 42.2. The molecule has 12 aromatic rings. The van der Waals surface area contributed by atoms with Crippen molar-refractivity contribution in [3.8, 4) is 44.8 Å². The van der Waals surface area contributed by atoms with Crippen molar-refractivity contribution in [3.05, 3.63) is 263 Å². The third-order valence-corrected chi connectivity index (χ3v) is 16.1. The fourth-order valence-corrected chi connectivity index (χ4v) is 12.4. The molecule has 0 amide bonds. The lowest BCUT2D eigenvalue weighted by Gasteiger charge is -2.23. The van der Waals surface area contributed by atoms with Crippen LogP contribution in [0, 0.1) is 0 Å². The number of rotatable bonds is 7. The van der Waals surface area contributed by atoms with Crippen LogP contribution in [-0.4, -0.2) is 9.13 Å². The number of hydrogen-bond donors (Lipinski definition) is 0. The molecular weight excluding hydrogens is 869 g/mol. The molecule has 0 saturated heterocycles. The van der Waals surface area contributed by atoms with Gasteiger partial charge in [-0.25, -0.2) is 0 Å². The molecule has 72 heavy (non-hydrogen) atoms. The summed E-state index contributed by atoms with van der Waals surface area (Å²) in [5.74, 6) is 0. The zero-order chi connectivity index (χ0) is 48.3. The number of nitrogens with zero attached hydrogens (tertiary/aromatic N) is 2. The average Bonchev–Trinajstić information content (AvgIpc) is 4.08. The van der Waals surface area contributed by atoms with Gasteiger partial charge in [-0.05, 0) is 151 Å². The molecule has 0 aliphatic heterocycles. The second kappa shape index (κ2) is 15.9. The Bertz CT molecular complexity index is 3970.